The van der Waals surface area contributed by atoms with Gasteiger partial charge in [-0.1, -0.05) is 5.16 Å². The minimum absolute atomic E-state index is 0.207. The van der Waals surface area contributed by atoms with E-state index in [1.54, 1.807) is 6.92 Å². The lowest BCUT2D eigenvalue weighted by Crippen LogP contribution is -2.32. The van der Waals surface area contributed by atoms with Crippen molar-refractivity contribution in [3.05, 3.63) is 11.7 Å². The number of nitrogens with zero attached hydrogens (tertiary/aromatic N) is 2. The first-order valence-electron chi connectivity index (χ1n) is 6.95. The monoisotopic (exact) mass is 287 g/mol. The van der Waals surface area contributed by atoms with Crippen molar-refractivity contribution in [3.8, 4) is 0 Å². The van der Waals surface area contributed by atoms with Crippen molar-refractivity contribution in [1.82, 2.24) is 15.5 Å². The standard InChI is InChI=1S/C13H25N3O4/c1-10(2)19-7-6-18-9-12(17)8-14-5-4-13-15-11(3)16-20-13/h10,12,14,17H,4-9H2,1-3H3. The summed E-state index contributed by atoms with van der Waals surface area (Å²) < 4.78 is 15.6. The van der Waals surface area contributed by atoms with Crippen LogP contribution in [-0.4, -0.2) is 60.4 Å². The summed E-state index contributed by atoms with van der Waals surface area (Å²) in [6, 6.07) is 0. The molecule has 0 aromatic carbocycles. The smallest absolute Gasteiger partial charge is 0.227 e. The Kier molecular flexibility index (Phi) is 8.36. The molecule has 1 heterocycles. The van der Waals surface area contributed by atoms with E-state index >= 15 is 0 Å². The van der Waals surface area contributed by atoms with Crippen LogP contribution in [0.4, 0.5) is 0 Å². The third kappa shape index (κ3) is 8.21. The summed E-state index contributed by atoms with van der Waals surface area (Å²) in [7, 11) is 0. The second kappa shape index (κ2) is 9.82. The summed E-state index contributed by atoms with van der Waals surface area (Å²) in [5.74, 6) is 1.24. The summed E-state index contributed by atoms with van der Waals surface area (Å²) in [4.78, 5) is 4.09. The number of nitrogens with one attached hydrogen (secondary N) is 1. The third-order valence-corrected chi connectivity index (χ3v) is 2.45. The van der Waals surface area contributed by atoms with Gasteiger partial charge in [0, 0.05) is 19.5 Å². The van der Waals surface area contributed by atoms with Gasteiger partial charge < -0.3 is 24.4 Å². The Hall–Kier alpha value is -1.02. The molecule has 0 fully saturated rings. The van der Waals surface area contributed by atoms with Gasteiger partial charge in [0.25, 0.3) is 0 Å². The molecule has 2 N–H and O–H groups in total. The van der Waals surface area contributed by atoms with Crippen molar-refractivity contribution < 1.29 is 19.1 Å². The number of aliphatic hydroxyl groups is 1. The van der Waals surface area contributed by atoms with E-state index in [9.17, 15) is 5.11 Å². The molecule has 0 aliphatic heterocycles. The van der Waals surface area contributed by atoms with Crippen molar-refractivity contribution in [2.24, 2.45) is 0 Å². The molecule has 0 saturated carbocycles. The van der Waals surface area contributed by atoms with Crippen molar-refractivity contribution in [1.29, 1.82) is 0 Å². The SMILES string of the molecule is Cc1noc(CCNCC(O)COCCOC(C)C)n1. The van der Waals surface area contributed by atoms with Crippen LogP contribution in [0.5, 0.6) is 0 Å². The Morgan fingerprint density at radius 2 is 2.15 bits per heavy atom. The molecule has 0 aliphatic carbocycles. The number of hydrogen-bond acceptors (Lipinski definition) is 7. The molecule has 1 unspecified atom stereocenters. The Morgan fingerprint density at radius 3 is 2.80 bits per heavy atom. The minimum atomic E-state index is -0.529. The second-order valence-corrected chi connectivity index (χ2v) is 4.84. The normalized spacial score (nSPS) is 13.1. The molecule has 1 atom stereocenters. The average molecular weight is 287 g/mol. The van der Waals surface area contributed by atoms with Crippen LogP contribution in [0.15, 0.2) is 4.52 Å². The van der Waals surface area contributed by atoms with Crippen molar-refractivity contribution in [2.75, 3.05) is 32.9 Å². The van der Waals surface area contributed by atoms with Crippen molar-refractivity contribution in [2.45, 2.75) is 39.4 Å². The van der Waals surface area contributed by atoms with Gasteiger partial charge in [0.15, 0.2) is 5.82 Å². The number of aromatic nitrogens is 2. The lowest BCUT2D eigenvalue weighted by molar-refractivity contribution is -0.00991. The molecule has 7 heteroatoms. The van der Waals surface area contributed by atoms with Crippen LogP contribution in [0, 0.1) is 6.92 Å². The molecule has 0 radical (unpaired) electrons. The van der Waals surface area contributed by atoms with E-state index in [2.05, 4.69) is 15.5 Å². The molecule has 0 aliphatic rings. The van der Waals surface area contributed by atoms with Gasteiger partial charge in [0.1, 0.15) is 0 Å². The number of aliphatic hydroxyl groups excluding tert-OH is 1. The largest absolute Gasteiger partial charge is 0.389 e. The summed E-state index contributed by atoms with van der Waals surface area (Å²) >= 11 is 0. The summed E-state index contributed by atoms with van der Waals surface area (Å²) in [6.45, 7) is 8.23. The van der Waals surface area contributed by atoms with Gasteiger partial charge in [-0.15, -0.1) is 0 Å². The number of aryl methyl sites for hydroxylation is 1. The van der Waals surface area contributed by atoms with Crippen LogP contribution in [-0.2, 0) is 15.9 Å². The average Bonchev–Trinajstić information content (AvgIpc) is 2.80. The first kappa shape index (κ1) is 17.0. The topological polar surface area (TPSA) is 89.6 Å². The van der Waals surface area contributed by atoms with E-state index in [0.29, 0.717) is 51.0 Å². The lowest BCUT2D eigenvalue weighted by atomic mass is 10.3. The zero-order chi connectivity index (χ0) is 14.8. The molecule has 20 heavy (non-hydrogen) atoms. The zero-order valence-corrected chi connectivity index (χ0v) is 12.5. The zero-order valence-electron chi connectivity index (χ0n) is 12.5. The molecular formula is C13H25N3O4. The fourth-order valence-electron chi connectivity index (χ4n) is 1.53. The maximum absolute atomic E-state index is 9.68. The quantitative estimate of drug-likeness (QED) is 0.566. The molecule has 0 saturated heterocycles. The molecule has 7 nitrogen and oxygen atoms in total. The van der Waals surface area contributed by atoms with Crippen LogP contribution in [0.25, 0.3) is 0 Å². The fourth-order valence-corrected chi connectivity index (χ4v) is 1.53. The first-order valence-corrected chi connectivity index (χ1v) is 6.95. The van der Waals surface area contributed by atoms with Crippen LogP contribution >= 0.6 is 0 Å². The number of hydrogen-bond donors (Lipinski definition) is 2. The third-order valence-electron chi connectivity index (χ3n) is 2.45. The van der Waals surface area contributed by atoms with Crippen LogP contribution < -0.4 is 5.32 Å². The van der Waals surface area contributed by atoms with Gasteiger partial charge in [0.2, 0.25) is 5.89 Å². The molecule has 1 aromatic heterocycles. The molecule has 1 rings (SSSR count). The van der Waals surface area contributed by atoms with E-state index in [1.807, 2.05) is 13.8 Å². The lowest BCUT2D eigenvalue weighted by Gasteiger charge is -2.12. The highest BCUT2D eigenvalue weighted by Crippen LogP contribution is 1.95. The molecule has 1 aromatic rings. The highest BCUT2D eigenvalue weighted by atomic mass is 16.5. The highest BCUT2D eigenvalue weighted by molar-refractivity contribution is 4.83. The molecule has 0 bridgehead atoms. The Labute approximate surface area is 119 Å². The van der Waals surface area contributed by atoms with Gasteiger partial charge in [0.05, 0.1) is 32.0 Å². The maximum Gasteiger partial charge on any atom is 0.227 e. The van der Waals surface area contributed by atoms with E-state index in [-0.39, 0.29) is 6.10 Å². The van der Waals surface area contributed by atoms with Crippen LogP contribution in [0.2, 0.25) is 0 Å². The van der Waals surface area contributed by atoms with Crippen molar-refractivity contribution in [3.63, 3.8) is 0 Å². The van der Waals surface area contributed by atoms with E-state index in [4.69, 9.17) is 14.0 Å². The maximum atomic E-state index is 9.68. The van der Waals surface area contributed by atoms with E-state index in [0.717, 1.165) is 0 Å². The van der Waals surface area contributed by atoms with Gasteiger partial charge in [-0.3, -0.25) is 0 Å². The molecule has 0 amide bonds. The number of ether oxygens (including phenoxy) is 2. The summed E-state index contributed by atoms with van der Waals surface area (Å²) in [6.07, 6.45) is 0.327. The van der Waals surface area contributed by atoms with Gasteiger partial charge >= 0.3 is 0 Å². The van der Waals surface area contributed by atoms with E-state index in [1.165, 1.54) is 0 Å². The van der Waals surface area contributed by atoms with Crippen LogP contribution in [0.1, 0.15) is 25.6 Å². The Balaban J connectivity index is 1.93. The van der Waals surface area contributed by atoms with Crippen molar-refractivity contribution >= 4 is 0 Å². The van der Waals surface area contributed by atoms with Gasteiger partial charge in [-0.25, -0.2) is 0 Å². The predicted molar refractivity (Wildman–Crippen MR) is 73.5 cm³/mol. The van der Waals surface area contributed by atoms with Gasteiger partial charge in [-0.05, 0) is 20.8 Å². The molecule has 116 valence electrons. The Morgan fingerprint density at radius 1 is 1.35 bits per heavy atom. The molecular weight excluding hydrogens is 262 g/mol. The van der Waals surface area contributed by atoms with Crippen LogP contribution in [0.3, 0.4) is 0 Å². The Bertz CT molecular complexity index is 357. The number of rotatable bonds is 11. The molecule has 0 spiro atoms. The summed E-state index contributed by atoms with van der Waals surface area (Å²) in [5.41, 5.74) is 0. The van der Waals surface area contributed by atoms with Gasteiger partial charge in [-0.2, -0.15) is 4.98 Å². The highest BCUT2D eigenvalue weighted by Gasteiger charge is 2.05. The van der Waals surface area contributed by atoms with E-state index < -0.39 is 6.10 Å². The minimum Gasteiger partial charge on any atom is -0.389 e. The summed E-state index contributed by atoms with van der Waals surface area (Å²) in [5, 5.41) is 16.5. The first-order chi connectivity index (χ1) is 9.58. The fraction of sp³-hybridized carbons (Fsp3) is 0.846. The second-order valence-electron chi connectivity index (χ2n) is 4.84. The predicted octanol–water partition coefficient (Wildman–Crippen LogP) is 0.313.